The average Bonchev–Trinajstić information content (AvgIpc) is 2.97. The molecule has 9 nitrogen and oxygen atoms in total. The van der Waals surface area contributed by atoms with E-state index in [2.05, 4.69) is 5.32 Å². The maximum Gasteiger partial charge on any atom is 0.304 e. The fraction of sp³-hybridized carbons (Fsp3) is 0.333. The standard InChI is InChI=1S/C30H37FN4O5S/c1-5-18-32-30(37)28(20-23-10-7-6-8-11-23)34(21-24-12-9-13-27(19-24)40-4)29(36)22-35(41(38,39)33(2)3)26-16-14-25(31)15-17-26/h6-17,19,28H,5,18,20-22H2,1-4H3,(H,32,37)/t28-/m1/s1. The van der Waals surface area contributed by atoms with Crippen LogP contribution in [0.3, 0.4) is 0 Å². The molecule has 3 aromatic carbocycles. The summed E-state index contributed by atoms with van der Waals surface area (Å²) in [4.78, 5) is 29.1. The maximum absolute atomic E-state index is 14.1. The second-order valence-corrected chi connectivity index (χ2v) is 11.7. The lowest BCUT2D eigenvalue weighted by molar-refractivity contribution is -0.140. The SMILES string of the molecule is CCCNC(=O)[C@@H](Cc1ccccc1)N(Cc1cccc(OC)c1)C(=O)CN(c1ccc(F)cc1)S(=O)(=O)N(C)C. The van der Waals surface area contributed by atoms with Crippen LogP contribution in [-0.4, -0.2) is 69.8 Å². The van der Waals surface area contributed by atoms with E-state index in [1.54, 1.807) is 24.3 Å². The molecule has 2 amide bonds. The lowest BCUT2D eigenvalue weighted by Crippen LogP contribution is -2.54. The number of carbonyl (C=O) groups excluding carboxylic acids is 2. The molecular formula is C30H37FN4O5S. The minimum atomic E-state index is -4.16. The molecule has 0 heterocycles. The number of amides is 2. The molecule has 3 aromatic rings. The van der Waals surface area contributed by atoms with E-state index in [9.17, 15) is 22.4 Å². The molecule has 0 aliphatic heterocycles. The van der Waals surface area contributed by atoms with Crippen LogP contribution in [0, 0.1) is 5.82 Å². The van der Waals surface area contributed by atoms with E-state index in [1.807, 2.05) is 37.3 Å². The number of ether oxygens (including phenoxy) is 1. The molecule has 0 fully saturated rings. The zero-order chi connectivity index (χ0) is 30.0. The fourth-order valence-corrected chi connectivity index (χ4v) is 5.27. The average molecular weight is 585 g/mol. The van der Waals surface area contributed by atoms with Crippen molar-refractivity contribution >= 4 is 27.7 Å². The van der Waals surface area contributed by atoms with Gasteiger partial charge in [-0.25, -0.2) is 8.70 Å². The van der Waals surface area contributed by atoms with Gasteiger partial charge in [0.05, 0.1) is 12.8 Å². The number of anilines is 1. The van der Waals surface area contributed by atoms with Gasteiger partial charge in [0, 0.05) is 33.6 Å². The van der Waals surface area contributed by atoms with Gasteiger partial charge < -0.3 is 15.0 Å². The molecule has 41 heavy (non-hydrogen) atoms. The third-order valence-corrected chi connectivity index (χ3v) is 8.26. The molecule has 1 atom stereocenters. The summed E-state index contributed by atoms with van der Waals surface area (Å²) in [5.41, 5.74) is 1.65. The van der Waals surface area contributed by atoms with Crippen LogP contribution in [0.2, 0.25) is 0 Å². The number of methoxy groups -OCH3 is 1. The Morgan fingerprint density at radius 1 is 0.951 bits per heavy atom. The quantitative estimate of drug-likeness (QED) is 0.312. The molecule has 0 aliphatic carbocycles. The Labute approximate surface area is 241 Å². The lowest BCUT2D eigenvalue weighted by Gasteiger charge is -2.34. The first kappa shape index (κ1) is 31.6. The Hall–Kier alpha value is -3.96. The summed E-state index contributed by atoms with van der Waals surface area (Å²) in [6.07, 6.45) is 0.913. The van der Waals surface area contributed by atoms with Crippen molar-refractivity contribution in [1.82, 2.24) is 14.5 Å². The number of benzene rings is 3. The third kappa shape index (κ3) is 8.51. The number of halogens is 1. The van der Waals surface area contributed by atoms with E-state index in [1.165, 1.54) is 38.2 Å². The molecule has 0 aliphatic rings. The summed E-state index contributed by atoms with van der Waals surface area (Å²) in [6, 6.07) is 20.3. The second kappa shape index (κ2) is 14.6. The monoisotopic (exact) mass is 584 g/mol. The summed E-state index contributed by atoms with van der Waals surface area (Å²) >= 11 is 0. The number of rotatable bonds is 14. The van der Waals surface area contributed by atoms with Crippen LogP contribution in [0.1, 0.15) is 24.5 Å². The van der Waals surface area contributed by atoms with Crippen molar-refractivity contribution in [3.8, 4) is 5.75 Å². The Morgan fingerprint density at radius 3 is 2.22 bits per heavy atom. The Kier molecular flexibility index (Phi) is 11.2. The van der Waals surface area contributed by atoms with Crippen LogP contribution in [0.5, 0.6) is 5.75 Å². The minimum Gasteiger partial charge on any atom is -0.497 e. The molecule has 0 bridgehead atoms. The van der Waals surface area contributed by atoms with E-state index < -0.39 is 34.5 Å². The van der Waals surface area contributed by atoms with Gasteiger partial charge in [-0.2, -0.15) is 12.7 Å². The second-order valence-electron chi connectivity index (χ2n) is 9.64. The Morgan fingerprint density at radius 2 is 1.61 bits per heavy atom. The highest BCUT2D eigenvalue weighted by atomic mass is 32.2. The number of hydrogen-bond acceptors (Lipinski definition) is 5. The molecule has 0 radical (unpaired) electrons. The van der Waals surface area contributed by atoms with E-state index in [-0.39, 0.29) is 24.6 Å². The molecule has 0 aromatic heterocycles. The molecular weight excluding hydrogens is 547 g/mol. The van der Waals surface area contributed by atoms with Crippen LogP contribution in [0.4, 0.5) is 10.1 Å². The molecule has 11 heteroatoms. The van der Waals surface area contributed by atoms with Gasteiger partial charge in [0.2, 0.25) is 11.8 Å². The first-order chi connectivity index (χ1) is 19.6. The van der Waals surface area contributed by atoms with E-state index in [0.29, 0.717) is 24.3 Å². The molecule has 0 spiro atoms. The van der Waals surface area contributed by atoms with Gasteiger partial charge >= 0.3 is 10.2 Å². The van der Waals surface area contributed by atoms with E-state index >= 15 is 0 Å². The molecule has 220 valence electrons. The van der Waals surface area contributed by atoms with Crippen LogP contribution in [-0.2, 0) is 32.8 Å². The van der Waals surface area contributed by atoms with Gasteiger partial charge in [0.1, 0.15) is 24.2 Å². The Bertz CT molecular complexity index is 1400. The normalized spacial score (nSPS) is 12.0. The molecule has 0 unspecified atom stereocenters. The topological polar surface area (TPSA) is 99.3 Å². The number of nitrogens with zero attached hydrogens (tertiary/aromatic N) is 3. The van der Waals surface area contributed by atoms with Crippen molar-refractivity contribution in [1.29, 1.82) is 0 Å². The van der Waals surface area contributed by atoms with Crippen LogP contribution in [0.25, 0.3) is 0 Å². The fourth-order valence-electron chi connectivity index (χ4n) is 4.21. The number of carbonyl (C=O) groups is 2. The van der Waals surface area contributed by atoms with Crippen molar-refractivity contribution in [2.75, 3.05) is 38.6 Å². The van der Waals surface area contributed by atoms with Crippen molar-refractivity contribution < 1.29 is 27.1 Å². The predicted octanol–water partition coefficient (Wildman–Crippen LogP) is 3.61. The van der Waals surface area contributed by atoms with Gasteiger partial charge in [-0.15, -0.1) is 0 Å². The van der Waals surface area contributed by atoms with Gasteiger partial charge in [0.15, 0.2) is 0 Å². The van der Waals surface area contributed by atoms with E-state index in [0.717, 1.165) is 26.3 Å². The lowest BCUT2D eigenvalue weighted by atomic mass is 10.0. The summed E-state index contributed by atoms with van der Waals surface area (Å²) in [6.45, 7) is 1.76. The summed E-state index contributed by atoms with van der Waals surface area (Å²) in [7, 11) is 0.0689. The van der Waals surface area contributed by atoms with Crippen molar-refractivity contribution in [2.24, 2.45) is 0 Å². The minimum absolute atomic E-state index is 0.0202. The molecule has 0 saturated carbocycles. The largest absolute Gasteiger partial charge is 0.497 e. The summed E-state index contributed by atoms with van der Waals surface area (Å²) in [5.74, 6) is -0.920. The van der Waals surface area contributed by atoms with Gasteiger partial charge in [0.25, 0.3) is 0 Å². The predicted molar refractivity (Wildman–Crippen MR) is 157 cm³/mol. The van der Waals surface area contributed by atoms with Crippen molar-refractivity contribution in [2.45, 2.75) is 32.4 Å². The molecule has 3 rings (SSSR count). The Balaban J connectivity index is 2.09. The highest BCUT2D eigenvalue weighted by molar-refractivity contribution is 7.90. The highest BCUT2D eigenvalue weighted by Gasteiger charge is 2.34. The smallest absolute Gasteiger partial charge is 0.304 e. The summed E-state index contributed by atoms with van der Waals surface area (Å²) in [5, 5.41) is 2.90. The first-order valence-electron chi connectivity index (χ1n) is 13.3. The highest BCUT2D eigenvalue weighted by Crippen LogP contribution is 2.23. The zero-order valence-corrected chi connectivity index (χ0v) is 24.6. The van der Waals surface area contributed by atoms with E-state index in [4.69, 9.17) is 4.74 Å². The molecule has 1 N–H and O–H groups in total. The van der Waals surface area contributed by atoms with Gasteiger partial charge in [-0.1, -0.05) is 49.4 Å². The van der Waals surface area contributed by atoms with Gasteiger partial charge in [-0.3, -0.25) is 9.59 Å². The maximum atomic E-state index is 14.1. The first-order valence-corrected chi connectivity index (χ1v) is 14.7. The van der Waals surface area contributed by atoms with Crippen LogP contribution >= 0.6 is 0 Å². The summed E-state index contributed by atoms with van der Waals surface area (Å²) < 4.78 is 47.6. The van der Waals surface area contributed by atoms with Crippen molar-refractivity contribution in [3.63, 3.8) is 0 Å². The molecule has 0 saturated heterocycles. The van der Waals surface area contributed by atoms with Gasteiger partial charge in [-0.05, 0) is 53.9 Å². The van der Waals surface area contributed by atoms with Crippen molar-refractivity contribution in [3.05, 3.63) is 95.8 Å². The zero-order valence-electron chi connectivity index (χ0n) is 23.8. The third-order valence-electron chi connectivity index (χ3n) is 6.44. The number of hydrogen-bond donors (Lipinski definition) is 1. The van der Waals surface area contributed by atoms with Crippen LogP contribution in [0.15, 0.2) is 78.9 Å². The van der Waals surface area contributed by atoms with Crippen LogP contribution < -0.4 is 14.4 Å². The number of nitrogens with one attached hydrogen (secondary N) is 1.